The molecule has 0 bridgehead atoms. The third-order valence-corrected chi connectivity index (χ3v) is 2.71. The zero-order valence-electron chi connectivity index (χ0n) is 11.1. The van der Waals surface area contributed by atoms with Crippen LogP contribution in [0.3, 0.4) is 0 Å². The predicted molar refractivity (Wildman–Crippen MR) is 73.5 cm³/mol. The van der Waals surface area contributed by atoms with Crippen molar-refractivity contribution in [2.24, 2.45) is 0 Å². The van der Waals surface area contributed by atoms with Crippen molar-refractivity contribution >= 4 is 5.82 Å². The summed E-state index contributed by atoms with van der Waals surface area (Å²) in [6.45, 7) is 2.07. The Hall–Kier alpha value is -2.30. The largest absolute Gasteiger partial charge is 0.497 e. The van der Waals surface area contributed by atoms with Crippen molar-refractivity contribution in [3.8, 4) is 17.4 Å². The molecule has 0 atom stereocenters. The fourth-order valence-electron chi connectivity index (χ4n) is 1.74. The smallest absolute Gasteiger partial charge is 0.227 e. The lowest BCUT2D eigenvalue weighted by molar-refractivity contribution is 0.411. The van der Waals surface area contributed by atoms with Gasteiger partial charge in [-0.15, -0.1) is 0 Å². The van der Waals surface area contributed by atoms with Crippen LogP contribution in [0.2, 0.25) is 0 Å². The zero-order chi connectivity index (χ0) is 13.7. The van der Waals surface area contributed by atoms with Gasteiger partial charge in [0.1, 0.15) is 23.6 Å². The highest BCUT2D eigenvalue weighted by molar-refractivity contribution is 5.46. The highest BCUT2D eigenvalue weighted by atomic mass is 16.5. The molecule has 1 aromatic carbocycles. The molecule has 5 nitrogen and oxygen atoms in total. The molecule has 1 heterocycles. The van der Waals surface area contributed by atoms with Gasteiger partial charge >= 0.3 is 0 Å². The molecule has 5 heteroatoms. The summed E-state index contributed by atoms with van der Waals surface area (Å²) in [5.41, 5.74) is 6.70. The Morgan fingerprint density at radius 2 is 1.79 bits per heavy atom. The molecule has 100 valence electrons. The monoisotopic (exact) mass is 259 g/mol. The van der Waals surface area contributed by atoms with Gasteiger partial charge in [-0.1, -0.05) is 13.3 Å². The Balaban J connectivity index is 2.24. The summed E-state index contributed by atoms with van der Waals surface area (Å²) < 4.78 is 10.9. The van der Waals surface area contributed by atoms with Crippen LogP contribution >= 0.6 is 0 Å². The molecule has 2 rings (SSSR count). The first kappa shape index (κ1) is 13.1. The van der Waals surface area contributed by atoms with Crippen molar-refractivity contribution in [1.82, 2.24) is 9.97 Å². The van der Waals surface area contributed by atoms with Gasteiger partial charge < -0.3 is 15.2 Å². The topological polar surface area (TPSA) is 70.3 Å². The lowest BCUT2D eigenvalue weighted by Gasteiger charge is -2.11. The van der Waals surface area contributed by atoms with Gasteiger partial charge in [-0.25, -0.2) is 9.97 Å². The highest BCUT2D eigenvalue weighted by Gasteiger charge is 2.10. The number of rotatable bonds is 5. The molecule has 0 saturated carbocycles. The SMILES string of the molecule is CCCc1c(N)ncnc1Oc1ccc(OC)cc1. The average molecular weight is 259 g/mol. The molecule has 0 radical (unpaired) electrons. The molecular formula is C14H17N3O2. The number of hydrogen-bond acceptors (Lipinski definition) is 5. The standard InChI is InChI=1S/C14H17N3O2/c1-3-4-12-13(15)16-9-17-14(12)19-11-7-5-10(18-2)6-8-11/h5-9H,3-4H2,1-2H3,(H2,15,16,17). The number of nitrogens with zero attached hydrogens (tertiary/aromatic N) is 2. The Labute approximate surface area is 112 Å². The second kappa shape index (κ2) is 6.04. The Bertz CT molecular complexity index is 541. The van der Waals surface area contributed by atoms with Crippen molar-refractivity contribution in [3.63, 3.8) is 0 Å². The average Bonchev–Trinajstić information content (AvgIpc) is 2.43. The number of hydrogen-bond donors (Lipinski definition) is 1. The van der Waals surface area contributed by atoms with E-state index in [-0.39, 0.29) is 0 Å². The molecule has 0 amide bonds. The molecule has 0 spiro atoms. The van der Waals surface area contributed by atoms with E-state index in [1.54, 1.807) is 7.11 Å². The van der Waals surface area contributed by atoms with Crippen molar-refractivity contribution in [3.05, 3.63) is 36.2 Å². The summed E-state index contributed by atoms with van der Waals surface area (Å²) in [6.07, 6.45) is 3.15. The quantitative estimate of drug-likeness (QED) is 0.894. The van der Waals surface area contributed by atoms with Gasteiger partial charge in [-0.2, -0.15) is 0 Å². The fourth-order valence-corrected chi connectivity index (χ4v) is 1.74. The fraction of sp³-hybridized carbons (Fsp3) is 0.286. The second-order valence-corrected chi connectivity index (χ2v) is 4.07. The molecule has 0 aliphatic heterocycles. The van der Waals surface area contributed by atoms with Crippen LogP contribution in [0.15, 0.2) is 30.6 Å². The molecule has 0 saturated heterocycles. The van der Waals surface area contributed by atoms with E-state index >= 15 is 0 Å². The number of methoxy groups -OCH3 is 1. The molecule has 0 aliphatic carbocycles. The third-order valence-electron chi connectivity index (χ3n) is 2.71. The van der Waals surface area contributed by atoms with Crippen LogP contribution in [0.4, 0.5) is 5.82 Å². The molecule has 0 fully saturated rings. The van der Waals surface area contributed by atoms with Gasteiger partial charge in [-0.3, -0.25) is 0 Å². The first-order chi connectivity index (χ1) is 9.24. The summed E-state index contributed by atoms with van der Waals surface area (Å²) >= 11 is 0. The van der Waals surface area contributed by atoms with E-state index in [1.807, 2.05) is 24.3 Å². The summed E-state index contributed by atoms with van der Waals surface area (Å²) in [5, 5.41) is 0. The molecule has 19 heavy (non-hydrogen) atoms. The maximum atomic E-state index is 5.86. The zero-order valence-corrected chi connectivity index (χ0v) is 11.1. The van der Waals surface area contributed by atoms with E-state index in [2.05, 4.69) is 16.9 Å². The first-order valence-electron chi connectivity index (χ1n) is 6.15. The first-order valence-corrected chi connectivity index (χ1v) is 6.15. The maximum Gasteiger partial charge on any atom is 0.227 e. The number of anilines is 1. The van der Waals surface area contributed by atoms with Crippen LogP contribution in [-0.4, -0.2) is 17.1 Å². The van der Waals surface area contributed by atoms with E-state index in [1.165, 1.54) is 6.33 Å². The van der Waals surface area contributed by atoms with Crippen LogP contribution in [0.25, 0.3) is 0 Å². The predicted octanol–water partition coefficient (Wildman–Crippen LogP) is 2.81. The van der Waals surface area contributed by atoms with Gasteiger partial charge in [0.05, 0.1) is 12.7 Å². The van der Waals surface area contributed by atoms with E-state index < -0.39 is 0 Å². The molecule has 1 aromatic heterocycles. The molecular weight excluding hydrogens is 242 g/mol. The van der Waals surface area contributed by atoms with Crippen molar-refractivity contribution in [2.45, 2.75) is 19.8 Å². The number of nitrogen functional groups attached to an aromatic ring is 1. The van der Waals surface area contributed by atoms with E-state index in [0.717, 1.165) is 24.2 Å². The van der Waals surface area contributed by atoms with Gasteiger partial charge in [-0.05, 0) is 30.7 Å². The van der Waals surface area contributed by atoms with Crippen LogP contribution in [-0.2, 0) is 6.42 Å². The molecule has 2 aromatic rings. The van der Waals surface area contributed by atoms with Crippen LogP contribution in [0.1, 0.15) is 18.9 Å². The van der Waals surface area contributed by atoms with Gasteiger partial charge in [0.15, 0.2) is 0 Å². The summed E-state index contributed by atoms with van der Waals surface area (Å²) in [7, 11) is 1.63. The lowest BCUT2D eigenvalue weighted by atomic mass is 10.2. The number of ether oxygens (including phenoxy) is 2. The van der Waals surface area contributed by atoms with Crippen molar-refractivity contribution in [1.29, 1.82) is 0 Å². The van der Waals surface area contributed by atoms with Crippen molar-refractivity contribution in [2.75, 3.05) is 12.8 Å². The van der Waals surface area contributed by atoms with Gasteiger partial charge in [0.25, 0.3) is 0 Å². The Kier molecular flexibility index (Phi) is 4.18. The summed E-state index contributed by atoms with van der Waals surface area (Å²) in [4.78, 5) is 8.15. The summed E-state index contributed by atoms with van der Waals surface area (Å²) in [5.74, 6) is 2.46. The minimum Gasteiger partial charge on any atom is -0.497 e. The lowest BCUT2D eigenvalue weighted by Crippen LogP contribution is -2.02. The number of nitrogens with two attached hydrogens (primary N) is 1. The Morgan fingerprint density at radius 1 is 1.11 bits per heavy atom. The molecule has 2 N–H and O–H groups in total. The van der Waals surface area contributed by atoms with Crippen LogP contribution in [0.5, 0.6) is 17.4 Å². The van der Waals surface area contributed by atoms with Crippen LogP contribution < -0.4 is 15.2 Å². The highest BCUT2D eigenvalue weighted by Crippen LogP contribution is 2.27. The number of benzene rings is 1. The number of aromatic nitrogens is 2. The Morgan fingerprint density at radius 3 is 2.42 bits per heavy atom. The summed E-state index contributed by atoms with van der Waals surface area (Å²) in [6, 6.07) is 7.32. The van der Waals surface area contributed by atoms with Crippen molar-refractivity contribution < 1.29 is 9.47 Å². The van der Waals surface area contributed by atoms with E-state index in [9.17, 15) is 0 Å². The van der Waals surface area contributed by atoms with Gasteiger partial charge in [0, 0.05) is 0 Å². The molecule has 0 unspecified atom stereocenters. The van der Waals surface area contributed by atoms with Crippen LogP contribution in [0, 0.1) is 0 Å². The normalized spacial score (nSPS) is 10.2. The minimum absolute atomic E-state index is 0.473. The maximum absolute atomic E-state index is 5.86. The van der Waals surface area contributed by atoms with Gasteiger partial charge in [0.2, 0.25) is 5.88 Å². The third kappa shape index (κ3) is 3.13. The molecule has 0 aliphatic rings. The minimum atomic E-state index is 0.473. The van der Waals surface area contributed by atoms with E-state index in [0.29, 0.717) is 17.4 Å². The van der Waals surface area contributed by atoms with E-state index in [4.69, 9.17) is 15.2 Å². The second-order valence-electron chi connectivity index (χ2n) is 4.07.